The van der Waals surface area contributed by atoms with Crippen LogP contribution in [0.15, 0.2) is 67.1 Å². The number of imide groups is 2. The summed E-state index contributed by atoms with van der Waals surface area (Å²) < 4.78 is 23.9. The molecule has 22 nitrogen and oxygen atoms in total. The van der Waals surface area contributed by atoms with Crippen LogP contribution in [0.2, 0.25) is 0 Å². The van der Waals surface area contributed by atoms with E-state index >= 15 is 0 Å². The van der Waals surface area contributed by atoms with Crippen LogP contribution in [-0.2, 0) is 38.1 Å². The van der Waals surface area contributed by atoms with Crippen molar-refractivity contribution >= 4 is 66.1 Å². The van der Waals surface area contributed by atoms with E-state index in [1.165, 1.54) is 11.3 Å². The van der Waals surface area contributed by atoms with Gasteiger partial charge in [0.1, 0.15) is 35.3 Å². The fourth-order valence-electron chi connectivity index (χ4n) is 12.6. The molecule has 4 N–H and O–H groups in total. The van der Waals surface area contributed by atoms with Gasteiger partial charge in [-0.15, -0.1) is 0 Å². The molecule has 23 heteroatoms. The Kier molecular flexibility index (Phi) is 13.8. The van der Waals surface area contributed by atoms with E-state index in [4.69, 9.17) is 9.72 Å². The molecular weight excluding hydrogens is 1020 g/mol. The Hall–Kier alpha value is -7.07. The quantitative estimate of drug-likeness (QED) is 0.0817. The van der Waals surface area contributed by atoms with Gasteiger partial charge in [-0.05, 0) is 118 Å². The van der Waals surface area contributed by atoms with Gasteiger partial charge in [0, 0.05) is 99.2 Å². The van der Waals surface area contributed by atoms with E-state index in [0.29, 0.717) is 69.6 Å². The van der Waals surface area contributed by atoms with Crippen LogP contribution < -0.4 is 24.8 Å². The van der Waals surface area contributed by atoms with Gasteiger partial charge in [-0.1, -0.05) is 13.8 Å². The maximum absolute atomic E-state index is 14.1. The average molecular weight is 1090 g/mol. The van der Waals surface area contributed by atoms with E-state index in [0.717, 1.165) is 81.6 Å². The van der Waals surface area contributed by atoms with Crippen molar-refractivity contribution < 1.29 is 52.7 Å². The number of anilines is 5. The molecule has 4 aromatic heterocycles. The first kappa shape index (κ1) is 53.0. The van der Waals surface area contributed by atoms with Gasteiger partial charge in [0.25, 0.3) is 23.6 Å². The molecule has 9 heterocycles. The van der Waals surface area contributed by atoms with Crippen molar-refractivity contribution in [3.63, 3.8) is 0 Å². The van der Waals surface area contributed by atoms with Crippen molar-refractivity contribution in [2.45, 2.75) is 110 Å². The number of hydrogen-bond donors (Lipinski definition) is 4. The minimum atomic E-state index is -5.06. The average Bonchev–Trinajstić information content (AvgIpc) is 4.17. The van der Waals surface area contributed by atoms with Gasteiger partial charge in [-0.3, -0.25) is 48.1 Å². The summed E-state index contributed by atoms with van der Waals surface area (Å²) in [5.74, 6) is -1.77. The number of likely N-dealkylation sites (tertiary alicyclic amines) is 1. The molecule has 11 rings (SSSR count). The maximum Gasteiger partial charge on any atom is 0.471 e. The molecule has 2 unspecified atom stereocenters. The van der Waals surface area contributed by atoms with E-state index in [1.54, 1.807) is 49.5 Å². The number of carbonyl (C=O) groups is 5. The number of benzene rings is 1. The zero-order chi connectivity index (χ0) is 55.1. The molecule has 1 aromatic carbocycles. The van der Waals surface area contributed by atoms with Crippen molar-refractivity contribution in [1.82, 2.24) is 34.2 Å². The summed E-state index contributed by atoms with van der Waals surface area (Å²) in [6.07, 6.45) is 5.94. The number of aliphatic hydroxyl groups excluding tert-OH is 1. The SMILES string of the molecule is COc1ncc(-c2ccnc(N3CCn4c(cc5c4CC(C)(C)C5)C3=O)c2[C@@H](C)O)cc1Nc1ccc(N2CCN(C3CCN(c4ccc5c(c4)C(=O)N(C4CCC(=O)N(C(C)OP(=O)(O)O)C4=O)C5=O)CC3)C[C@@H]2C)cn1. The van der Waals surface area contributed by atoms with E-state index in [2.05, 4.69) is 59.8 Å². The number of carbonyl (C=O) groups excluding carboxylic acids is 5. The van der Waals surface area contributed by atoms with Gasteiger partial charge < -0.3 is 39.3 Å². The second-order valence-electron chi connectivity index (χ2n) is 22.0. The summed E-state index contributed by atoms with van der Waals surface area (Å²) >= 11 is 0. The molecule has 0 saturated carbocycles. The number of nitrogens with zero attached hydrogens (tertiary/aromatic N) is 10. The number of piperazine rings is 1. The summed E-state index contributed by atoms with van der Waals surface area (Å²) in [4.78, 5) is 111. The van der Waals surface area contributed by atoms with Gasteiger partial charge in [0.05, 0.1) is 36.2 Å². The normalized spacial score (nSPS) is 21.8. The second-order valence-corrected chi connectivity index (χ2v) is 23.2. The number of aromatic nitrogens is 4. The third-order valence-corrected chi connectivity index (χ3v) is 16.8. The first-order valence-electron chi connectivity index (χ1n) is 26.5. The van der Waals surface area contributed by atoms with Gasteiger partial charge in [-0.25, -0.2) is 19.5 Å². The Balaban J connectivity index is 0.709. The van der Waals surface area contributed by atoms with E-state index in [9.17, 15) is 43.4 Å². The molecular formula is C55H64N11O11P. The fourth-order valence-corrected chi connectivity index (χ4v) is 13.1. The number of methoxy groups -OCH3 is 1. The van der Waals surface area contributed by atoms with Crippen LogP contribution in [0.5, 0.6) is 5.88 Å². The van der Waals surface area contributed by atoms with Gasteiger partial charge in [0.2, 0.25) is 11.8 Å². The Morgan fingerprint density at radius 3 is 2.27 bits per heavy atom. The van der Waals surface area contributed by atoms with E-state index < -0.39 is 49.8 Å². The van der Waals surface area contributed by atoms with E-state index in [-0.39, 0.29) is 41.3 Å². The van der Waals surface area contributed by atoms with E-state index in [1.807, 2.05) is 36.5 Å². The molecule has 0 bridgehead atoms. The van der Waals surface area contributed by atoms with Crippen molar-refractivity contribution in [3.8, 4) is 17.0 Å². The van der Waals surface area contributed by atoms with Crippen molar-refractivity contribution in [1.29, 1.82) is 0 Å². The third-order valence-electron chi connectivity index (χ3n) is 16.3. The molecule has 410 valence electrons. The predicted molar refractivity (Wildman–Crippen MR) is 287 cm³/mol. The lowest BCUT2D eigenvalue weighted by Gasteiger charge is -2.46. The smallest absolute Gasteiger partial charge is 0.471 e. The van der Waals surface area contributed by atoms with Crippen LogP contribution in [0.25, 0.3) is 11.1 Å². The van der Waals surface area contributed by atoms with Crippen LogP contribution in [0, 0.1) is 5.41 Å². The number of pyridine rings is 3. The highest BCUT2D eigenvalue weighted by Gasteiger charge is 2.49. The summed E-state index contributed by atoms with van der Waals surface area (Å²) in [7, 11) is -3.51. The highest BCUT2D eigenvalue weighted by molar-refractivity contribution is 7.46. The summed E-state index contributed by atoms with van der Waals surface area (Å²) in [5.41, 5.74) is 7.86. The molecule has 5 aromatic rings. The van der Waals surface area contributed by atoms with Crippen LogP contribution in [0.4, 0.5) is 28.7 Å². The number of phosphoric ester groups is 1. The Morgan fingerprint density at radius 2 is 1.56 bits per heavy atom. The lowest BCUT2D eigenvalue weighted by molar-refractivity contribution is -0.161. The molecule has 0 radical (unpaired) electrons. The number of aliphatic hydroxyl groups is 1. The predicted octanol–water partition coefficient (Wildman–Crippen LogP) is 5.68. The molecule has 4 atom stereocenters. The van der Waals surface area contributed by atoms with Gasteiger partial charge in [-0.2, -0.15) is 0 Å². The molecule has 5 amide bonds. The second kappa shape index (κ2) is 20.3. The van der Waals surface area contributed by atoms with Crippen molar-refractivity contribution in [3.05, 3.63) is 101 Å². The highest BCUT2D eigenvalue weighted by Crippen LogP contribution is 2.43. The van der Waals surface area contributed by atoms with Gasteiger partial charge in [0.15, 0.2) is 0 Å². The number of rotatable bonds is 13. The Morgan fingerprint density at radius 1 is 0.808 bits per heavy atom. The summed E-state index contributed by atoms with van der Waals surface area (Å²) in [5, 5.41) is 14.7. The first-order valence-corrected chi connectivity index (χ1v) is 28.1. The molecule has 3 fully saturated rings. The molecule has 6 aliphatic rings. The largest absolute Gasteiger partial charge is 0.480 e. The zero-order valence-corrected chi connectivity index (χ0v) is 45.4. The minimum Gasteiger partial charge on any atom is -0.480 e. The lowest BCUT2D eigenvalue weighted by atomic mass is 9.90. The number of hydrogen-bond acceptors (Lipinski definition) is 16. The Labute approximate surface area is 451 Å². The van der Waals surface area contributed by atoms with Crippen LogP contribution in [-0.4, -0.2) is 149 Å². The fraction of sp³-hybridized carbons (Fsp3) is 0.455. The molecule has 3 saturated heterocycles. The standard InChI is InChI=1S/C55H64N11O11P/c1-31-30-61(36-14-17-60(18-15-36)37-7-9-40-41(25-37)52(70)66(51(40)69)43-10-12-47(68)65(54(43)72)33(3)77-78(73,74)75)19-20-62(31)38-8-11-46(57-29-38)59-42-23-35(28-58-50(42)76-6)39-13-16-56-49(48(39)32(2)67)64-22-21-63-44(53(64)71)24-34-26-55(4,5)27-45(34)63/h7-9,11,13,16,23-25,28-29,31-33,36,43,67H,10,12,14-15,17-22,26-27,30H2,1-6H3,(H,57,59)(H2,73,74,75)/t31-,32+,33?,43?/m0/s1. The number of fused-ring (bicyclic) bond motifs is 4. The topological polar surface area (TPSA) is 257 Å². The summed E-state index contributed by atoms with van der Waals surface area (Å²) in [6.45, 7) is 14.6. The number of phosphoric acid groups is 1. The highest BCUT2D eigenvalue weighted by atomic mass is 31.2. The van der Waals surface area contributed by atoms with Crippen molar-refractivity contribution in [2.24, 2.45) is 5.41 Å². The molecule has 1 aliphatic carbocycles. The molecule has 0 spiro atoms. The monoisotopic (exact) mass is 1090 g/mol. The number of amides is 5. The molecule has 78 heavy (non-hydrogen) atoms. The van der Waals surface area contributed by atoms with Crippen LogP contribution in [0.1, 0.15) is 114 Å². The van der Waals surface area contributed by atoms with Crippen LogP contribution in [0.3, 0.4) is 0 Å². The molecule has 5 aliphatic heterocycles. The number of nitrogens with one attached hydrogen (secondary N) is 1. The first-order chi connectivity index (χ1) is 37.2. The number of ether oxygens (including phenoxy) is 1. The summed E-state index contributed by atoms with van der Waals surface area (Å²) in [6, 6.07) is 14.0. The maximum atomic E-state index is 14.1. The lowest BCUT2D eigenvalue weighted by Crippen LogP contribution is -2.58. The zero-order valence-electron chi connectivity index (χ0n) is 44.5. The van der Waals surface area contributed by atoms with Crippen LogP contribution >= 0.6 is 7.82 Å². The minimum absolute atomic E-state index is 0.118. The van der Waals surface area contributed by atoms with Gasteiger partial charge >= 0.3 is 7.82 Å². The number of piperidine rings is 2. The van der Waals surface area contributed by atoms with Crippen molar-refractivity contribution in [2.75, 3.05) is 66.4 Å². The third kappa shape index (κ3) is 9.72. The Bertz CT molecular complexity index is 3300.